The maximum atomic E-state index is 14.0. The highest BCUT2D eigenvalue weighted by atomic mass is 19.1. The van der Waals surface area contributed by atoms with Gasteiger partial charge in [0.1, 0.15) is 23.7 Å². The molecule has 0 radical (unpaired) electrons. The number of nitrogens with zero attached hydrogens (tertiary/aromatic N) is 1. The van der Waals surface area contributed by atoms with E-state index in [4.69, 9.17) is 4.74 Å². The van der Waals surface area contributed by atoms with Crippen molar-refractivity contribution in [2.75, 3.05) is 4.90 Å². The molecule has 4 aromatic carbocycles. The van der Waals surface area contributed by atoms with E-state index < -0.39 is 11.8 Å². The number of aromatic carboxylic acids is 1. The van der Waals surface area contributed by atoms with Gasteiger partial charge in [-0.25, -0.2) is 9.18 Å². The Bertz CT molecular complexity index is 1410. The van der Waals surface area contributed by atoms with Crippen molar-refractivity contribution in [2.45, 2.75) is 65.6 Å². The van der Waals surface area contributed by atoms with Crippen LogP contribution < -0.4 is 9.64 Å². The van der Waals surface area contributed by atoms with Crippen molar-refractivity contribution in [1.82, 2.24) is 0 Å². The van der Waals surface area contributed by atoms with E-state index in [1.807, 2.05) is 24.3 Å². The van der Waals surface area contributed by atoms with Gasteiger partial charge in [-0.05, 0) is 91.3 Å². The van der Waals surface area contributed by atoms with Crippen molar-refractivity contribution in [3.05, 3.63) is 119 Å². The van der Waals surface area contributed by atoms with Crippen LogP contribution in [0.3, 0.4) is 0 Å². The second-order valence-electron chi connectivity index (χ2n) is 10.4. The Kier molecular flexibility index (Phi) is 9.60. The topological polar surface area (TPSA) is 49.8 Å². The zero-order valence-electron chi connectivity index (χ0n) is 23.7. The first kappa shape index (κ1) is 28.9. The molecule has 4 aromatic rings. The normalized spacial score (nSPS) is 11.2. The average molecular weight is 540 g/mol. The fraction of sp³-hybridized carbons (Fsp3) is 0.286. The molecular weight excluding hydrogens is 501 g/mol. The van der Waals surface area contributed by atoms with Gasteiger partial charge in [0.25, 0.3) is 0 Å². The Labute approximate surface area is 237 Å². The van der Waals surface area contributed by atoms with Crippen molar-refractivity contribution in [3.63, 3.8) is 0 Å². The largest absolute Gasteiger partial charge is 0.489 e. The summed E-state index contributed by atoms with van der Waals surface area (Å²) in [6, 6.07) is 29.8. The van der Waals surface area contributed by atoms with Crippen LogP contribution in [0.15, 0.2) is 91.0 Å². The minimum absolute atomic E-state index is 0.0300. The quantitative estimate of drug-likeness (QED) is 0.195. The minimum Gasteiger partial charge on any atom is -0.489 e. The molecule has 0 amide bonds. The number of anilines is 1. The highest BCUT2D eigenvalue weighted by molar-refractivity contribution is 5.89. The maximum Gasteiger partial charge on any atom is 0.339 e. The first-order chi connectivity index (χ1) is 19.3. The van der Waals surface area contributed by atoms with Gasteiger partial charge in [-0.1, -0.05) is 68.4 Å². The second-order valence-corrected chi connectivity index (χ2v) is 10.4. The van der Waals surface area contributed by atoms with E-state index in [1.54, 1.807) is 6.07 Å². The monoisotopic (exact) mass is 539 g/mol. The number of carboxylic acid groups (broad SMARTS) is 1. The van der Waals surface area contributed by atoms with E-state index in [1.165, 1.54) is 22.9 Å². The molecule has 0 atom stereocenters. The van der Waals surface area contributed by atoms with Crippen LogP contribution >= 0.6 is 0 Å². The predicted molar refractivity (Wildman–Crippen MR) is 161 cm³/mol. The molecule has 0 saturated heterocycles. The Morgan fingerprint density at radius 3 is 2.17 bits per heavy atom. The van der Waals surface area contributed by atoms with Crippen molar-refractivity contribution < 1.29 is 19.0 Å². The van der Waals surface area contributed by atoms with E-state index in [2.05, 4.69) is 81.1 Å². The van der Waals surface area contributed by atoms with Gasteiger partial charge in [-0.2, -0.15) is 0 Å². The summed E-state index contributed by atoms with van der Waals surface area (Å²) < 4.78 is 19.7. The number of benzene rings is 4. The lowest BCUT2D eigenvalue weighted by Crippen LogP contribution is -2.30. The first-order valence-corrected chi connectivity index (χ1v) is 14.0. The molecule has 0 spiro atoms. The Morgan fingerprint density at radius 2 is 1.55 bits per heavy atom. The third-order valence-corrected chi connectivity index (χ3v) is 7.48. The fourth-order valence-electron chi connectivity index (χ4n) is 5.15. The summed E-state index contributed by atoms with van der Waals surface area (Å²) in [4.78, 5) is 13.9. The lowest BCUT2D eigenvalue weighted by Gasteiger charge is -2.30. The number of carboxylic acids is 1. The van der Waals surface area contributed by atoms with Crippen LogP contribution in [0.25, 0.3) is 11.1 Å². The number of rotatable bonds is 12. The van der Waals surface area contributed by atoms with Crippen LogP contribution in [-0.2, 0) is 13.2 Å². The Balaban J connectivity index is 1.46. The molecule has 5 heteroatoms. The lowest BCUT2D eigenvalue weighted by molar-refractivity contribution is 0.0688. The average Bonchev–Trinajstić information content (AvgIpc) is 2.96. The summed E-state index contributed by atoms with van der Waals surface area (Å²) >= 11 is 0. The van der Waals surface area contributed by atoms with Crippen molar-refractivity contribution in [1.29, 1.82) is 0 Å². The second kappa shape index (κ2) is 13.3. The molecule has 0 aliphatic rings. The van der Waals surface area contributed by atoms with E-state index in [-0.39, 0.29) is 12.2 Å². The molecule has 0 aliphatic heterocycles. The molecule has 0 aromatic heterocycles. The van der Waals surface area contributed by atoms with Crippen LogP contribution in [0.4, 0.5) is 10.1 Å². The third-order valence-electron chi connectivity index (χ3n) is 7.48. The van der Waals surface area contributed by atoms with Gasteiger partial charge in [0.15, 0.2) is 0 Å². The minimum atomic E-state index is -1.30. The van der Waals surface area contributed by atoms with Crippen LogP contribution in [-0.4, -0.2) is 17.1 Å². The van der Waals surface area contributed by atoms with E-state index >= 15 is 0 Å². The number of carbonyl (C=O) groups is 1. The van der Waals surface area contributed by atoms with Crippen LogP contribution in [0.5, 0.6) is 5.75 Å². The van der Waals surface area contributed by atoms with E-state index in [0.29, 0.717) is 23.3 Å². The van der Waals surface area contributed by atoms with Crippen LogP contribution in [0.2, 0.25) is 0 Å². The number of halogens is 1. The molecule has 0 saturated carbocycles. The number of hydrogen-bond acceptors (Lipinski definition) is 3. The lowest BCUT2D eigenvalue weighted by atomic mass is 9.94. The van der Waals surface area contributed by atoms with Gasteiger partial charge in [-0.15, -0.1) is 0 Å². The zero-order valence-corrected chi connectivity index (χ0v) is 23.7. The SMILES string of the molecule is CCC(CC)c1ccc(N(Cc2cccc(-c3ccc(OCc4cccc(F)c4C(=O)O)cc3)c2)C(C)C)cc1. The van der Waals surface area contributed by atoms with Gasteiger partial charge in [0.05, 0.1) is 0 Å². The van der Waals surface area contributed by atoms with Crippen molar-refractivity contribution >= 4 is 11.7 Å². The molecule has 1 N–H and O–H groups in total. The summed E-state index contributed by atoms with van der Waals surface area (Å²) in [6.07, 6.45) is 2.31. The maximum absolute atomic E-state index is 14.0. The van der Waals surface area contributed by atoms with Crippen molar-refractivity contribution in [2.24, 2.45) is 0 Å². The number of hydrogen-bond donors (Lipinski definition) is 1. The Morgan fingerprint density at radius 1 is 0.875 bits per heavy atom. The zero-order chi connectivity index (χ0) is 28.6. The first-order valence-electron chi connectivity index (χ1n) is 14.0. The fourth-order valence-corrected chi connectivity index (χ4v) is 5.15. The molecule has 0 heterocycles. The molecule has 0 unspecified atom stereocenters. The molecule has 0 fully saturated rings. The summed E-state index contributed by atoms with van der Waals surface area (Å²) in [5, 5.41) is 9.33. The van der Waals surface area contributed by atoms with E-state index in [9.17, 15) is 14.3 Å². The van der Waals surface area contributed by atoms with Gasteiger partial charge in [-0.3, -0.25) is 0 Å². The van der Waals surface area contributed by atoms with Crippen LogP contribution in [0, 0.1) is 5.82 Å². The molecular formula is C35H38FNO3. The van der Waals surface area contributed by atoms with Crippen LogP contribution in [0.1, 0.15) is 73.5 Å². The summed E-state index contributed by atoms with van der Waals surface area (Å²) in [6.45, 7) is 9.72. The predicted octanol–water partition coefficient (Wildman–Crippen LogP) is 9.09. The third kappa shape index (κ3) is 6.90. The van der Waals surface area contributed by atoms with Gasteiger partial charge >= 0.3 is 5.97 Å². The highest BCUT2D eigenvalue weighted by Crippen LogP contribution is 2.29. The van der Waals surface area contributed by atoms with E-state index in [0.717, 1.165) is 36.6 Å². The smallest absolute Gasteiger partial charge is 0.339 e. The summed E-state index contributed by atoms with van der Waals surface area (Å²) in [5.41, 5.74) is 5.96. The van der Waals surface area contributed by atoms with Crippen molar-refractivity contribution in [3.8, 4) is 16.9 Å². The molecule has 0 aliphatic carbocycles. The molecule has 208 valence electrons. The molecule has 40 heavy (non-hydrogen) atoms. The summed E-state index contributed by atoms with van der Waals surface area (Å²) in [7, 11) is 0. The standard InChI is InChI=1S/C35H38FNO3/c1-5-26(6-2)27-13-17-31(18-14-27)37(24(3)4)22-25-9-7-10-29(21-25)28-15-19-32(20-16-28)40-23-30-11-8-12-33(36)34(30)35(38)39/h7-21,24,26H,5-6,22-23H2,1-4H3,(H,38,39). The molecule has 4 nitrogen and oxygen atoms in total. The Hall–Kier alpha value is -4.12. The van der Waals surface area contributed by atoms with Gasteiger partial charge < -0.3 is 14.7 Å². The molecule has 4 rings (SSSR count). The van der Waals surface area contributed by atoms with Gasteiger partial charge in [0.2, 0.25) is 0 Å². The highest BCUT2D eigenvalue weighted by Gasteiger charge is 2.16. The van der Waals surface area contributed by atoms with Gasteiger partial charge in [0, 0.05) is 23.8 Å². The summed E-state index contributed by atoms with van der Waals surface area (Å²) in [5.74, 6) is -0.873. The molecule has 0 bridgehead atoms. The number of ether oxygens (including phenoxy) is 1.